The fourth-order valence-corrected chi connectivity index (χ4v) is 3.03. The number of fused-ring (bicyclic) bond motifs is 1. The van der Waals surface area contributed by atoms with Gasteiger partial charge in [0.05, 0.1) is 18.5 Å². The van der Waals surface area contributed by atoms with E-state index in [0.29, 0.717) is 44.2 Å². The van der Waals surface area contributed by atoms with Gasteiger partial charge in [-0.2, -0.15) is 0 Å². The maximum absolute atomic E-state index is 12.3. The first kappa shape index (κ1) is 19.3. The molecule has 3 rings (SSSR count). The maximum Gasteiger partial charge on any atom is 0.307 e. The van der Waals surface area contributed by atoms with Crippen molar-refractivity contribution in [1.29, 1.82) is 0 Å². The number of amides is 1. The molecule has 3 unspecified atom stereocenters. The standard InChI is InChI=1S/C17H22N2O5.ClH/c1-11(19-7-6-12(9-19)17(21)22)16(20)18-8-13-10-23-14-4-2-3-5-15(14)24-13;/h2-5,11-13H,6-10H2,1H3,(H,18,20)(H,21,22);1H. The number of likely N-dealkylation sites (tertiary alicyclic amines) is 1. The number of carboxylic acids is 1. The van der Waals surface area contributed by atoms with Crippen molar-refractivity contribution in [2.45, 2.75) is 25.5 Å². The van der Waals surface area contributed by atoms with Crippen LogP contribution in [0.1, 0.15) is 13.3 Å². The van der Waals surface area contributed by atoms with Gasteiger partial charge in [0.25, 0.3) is 0 Å². The van der Waals surface area contributed by atoms with Gasteiger partial charge in [-0.05, 0) is 32.0 Å². The van der Waals surface area contributed by atoms with Crippen LogP contribution in [-0.4, -0.2) is 60.3 Å². The normalized spacial score (nSPS) is 23.4. The van der Waals surface area contributed by atoms with E-state index < -0.39 is 5.97 Å². The molecule has 0 aliphatic carbocycles. The average molecular weight is 371 g/mol. The fourth-order valence-electron chi connectivity index (χ4n) is 3.03. The number of carboxylic acid groups (broad SMARTS) is 1. The lowest BCUT2D eigenvalue weighted by molar-refractivity contribution is -0.141. The van der Waals surface area contributed by atoms with Crippen LogP contribution in [0.3, 0.4) is 0 Å². The van der Waals surface area contributed by atoms with Gasteiger partial charge < -0.3 is 19.9 Å². The van der Waals surface area contributed by atoms with Crippen LogP contribution in [-0.2, 0) is 9.59 Å². The molecule has 7 nitrogen and oxygen atoms in total. The Kier molecular flexibility index (Phi) is 6.50. The van der Waals surface area contributed by atoms with Crippen LogP contribution in [0, 0.1) is 5.92 Å². The van der Waals surface area contributed by atoms with Crippen LogP contribution in [0.4, 0.5) is 0 Å². The zero-order chi connectivity index (χ0) is 17.1. The molecule has 138 valence electrons. The molecule has 1 aromatic carbocycles. The predicted octanol–water partition coefficient (Wildman–Crippen LogP) is 1.16. The second-order valence-electron chi connectivity index (χ2n) is 6.24. The van der Waals surface area contributed by atoms with Crippen LogP contribution < -0.4 is 14.8 Å². The first-order chi connectivity index (χ1) is 11.5. The molecule has 0 spiro atoms. The van der Waals surface area contributed by atoms with E-state index in [1.54, 1.807) is 6.92 Å². The number of carbonyl (C=O) groups excluding carboxylic acids is 1. The second-order valence-corrected chi connectivity index (χ2v) is 6.24. The number of rotatable bonds is 5. The minimum atomic E-state index is -0.795. The summed E-state index contributed by atoms with van der Waals surface area (Å²) in [5, 5.41) is 11.9. The van der Waals surface area contributed by atoms with Gasteiger partial charge in [0.1, 0.15) is 12.7 Å². The number of halogens is 1. The van der Waals surface area contributed by atoms with Gasteiger partial charge in [-0.1, -0.05) is 12.1 Å². The Hall–Kier alpha value is -1.99. The van der Waals surface area contributed by atoms with E-state index >= 15 is 0 Å². The summed E-state index contributed by atoms with van der Waals surface area (Å²) in [6.07, 6.45) is 0.352. The first-order valence-electron chi connectivity index (χ1n) is 8.17. The number of nitrogens with one attached hydrogen (secondary N) is 1. The molecule has 8 heteroatoms. The molecule has 1 saturated heterocycles. The van der Waals surface area contributed by atoms with Crippen molar-refractivity contribution in [2.24, 2.45) is 5.92 Å². The molecule has 25 heavy (non-hydrogen) atoms. The third-order valence-corrected chi connectivity index (χ3v) is 4.57. The van der Waals surface area contributed by atoms with E-state index in [1.807, 2.05) is 29.2 Å². The lowest BCUT2D eigenvalue weighted by Crippen LogP contribution is -2.48. The molecule has 2 aliphatic rings. The zero-order valence-electron chi connectivity index (χ0n) is 14.0. The zero-order valence-corrected chi connectivity index (χ0v) is 14.8. The summed E-state index contributed by atoms with van der Waals surface area (Å²) in [5.74, 6) is 0.0944. The molecule has 2 aliphatic heterocycles. The van der Waals surface area contributed by atoms with Gasteiger partial charge >= 0.3 is 5.97 Å². The number of para-hydroxylation sites is 2. The second kappa shape index (κ2) is 8.40. The summed E-state index contributed by atoms with van der Waals surface area (Å²) in [7, 11) is 0. The summed E-state index contributed by atoms with van der Waals surface area (Å²) < 4.78 is 11.4. The van der Waals surface area contributed by atoms with Gasteiger partial charge in [-0.15, -0.1) is 12.4 Å². The number of benzene rings is 1. The molecule has 1 fully saturated rings. The highest BCUT2D eigenvalue weighted by Gasteiger charge is 2.33. The Balaban J connectivity index is 0.00000225. The van der Waals surface area contributed by atoms with Crippen molar-refractivity contribution in [1.82, 2.24) is 10.2 Å². The SMILES string of the molecule is CC(C(=O)NCC1COc2ccccc2O1)N1CCC(C(=O)O)C1.Cl. The molecule has 0 bridgehead atoms. The molecule has 0 aromatic heterocycles. The molecule has 0 saturated carbocycles. The third-order valence-electron chi connectivity index (χ3n) is 4.57. The fraction of sp³-hybridized carbons (Fsp3) is 0.529. The Morgan fingerprint density at radius 2 is 2.08 bits per heavy atom. The smallest absolute Gasteiger partial charge is 0.307 e. The molecule has 1 aromatic rings. The summed E-state index contributed by atoms with van der Waals surface area (Å²) in [4.78, 5) is 25.2. The van der Waals surface area contributed by atoms with Gasteiger partial charge in [0, 0.05) is 6.54 Å². The predicted molar refractivity (Wildman–Crippen MR) is 93.4 cm³/mol. The van der Waals surface area contributed by atoms with Crippen LogP contribution in [0.15, 0.2) is 24.3 Å². The van der Waals surface area contributed by atoms with Crippen molar-refractivity contribution in [3.63, 3.8) is 0 Å². The molecule has 0 radical (unpaired) electrons. The largest absolute Gasteiger partial charge is 0.486 e. The highest BCUT2D eigenvalue weighted by Crippen LogP contribution is 2.30. The van der Waals surface area contributed by atoms with Crippen LogP contribution in [0.25, 0.3) is 0 Å². The average Bonchev–Trinajstić information content (AvgIpc) is 3.09. The Labute approximate surface area is 152 Å². The molecule has 2 heterocycles. The van der Waals surface area contributed by atoms with Crippen molar-refractivity contribution < 1.29 is 24.2 Å². The van der Waals surface area contributed by atoms with E-state index in [-0.39, 0.29) is 36.4 Å². The number of ether oxygens (including phenoxy) is 2. The summed E-state index contributed by atoms with van der Waals surface area (Å²) in [5.41, 5.74) is 0. The van der Waals surface area contributed by atoms with Crippen molar-refractivity contribution in [3.8, 4) is 11.5 Å². The van der Waals surface area contributed by atoms with Crippen LogP contribution in [0.5, 0.6) is 11.5 Å². The monoisotopic (exact) mass is 370 g/mol. The van der Waals surface area contributed by atoms with E-state index in [9.17, 15) is 9.59 Å². The number of nitrogens with zero attached hydrogens (tertiary/aromatic N) is 1. The van der Waals surface area contributed by atoms with E-state index in [4.69, 9.17) is 14.6 Å². The van der Waals surface area contributed by atoms with Gasteiger partial charge in [-0.25, -0.2) is 0 Å². The minimum Gasteiger partial charge on any atom is -0.486 e. The summed E-state index contributed by atoms with van der Waals surface area (Å²) in [6.45, 7) is 3.58. The molecule has 3 atom stereocenters. The molecule has 1 amide bonds. The first-order valence-corrected chi connectivity index (χ1v) is 8.17. The number of hydrogen-bond acceptors (Lipinski definition) is 5. The highest BCUT2D eigenvalue weighted by molar-refractivity contribution is 5.85. The number of aliphatic carboxylic acids is 1. The Morgan fingerprint density at radius 3 is 2.76 bits per heavy atom. The summed E-state index contributed by atoms with van der Waals surface area (Å²) >= 11 is 0. The molecular weight excluding hydrogens is 348 g/mol. The summed E-state index contributed by atoms with van der Waals surface area (Å²) in [6, 6.07) is 7.08. The minimum absolute atomic E-state index is 0. The maximum atomic E-state index is 12.3. The highest BCUT2D eigenvalue weighted by atomic mass is 35.5. The topological polar surface area (TPSA) is 88.1 Å². The molecule has 2 N–H and O–H groups in total. The van der Waals surface area contributed by atoms with Gasteiger partial charge in [0.2, 0.25) is 5.91 Å². The van der Waals surface area contributed by atoms with Crippen LogP contribution in [0.2, 0.25) is 0 Å². The van der Waals surface area contributed by atoms with E-state index in [0.717, 1.165) is 0 Å². The Bertz CT molecular complexity index is 627. The van der Waals surface area contributed by atoms with E-state index in [1.165, 1.54) is 0 Å². The Morgan fingerprint density at radius 1 is 1.36 bits per heavy atom. The van der Waals surface area contributed by atoms with Crippen molar-refractivity contribution >= 4 is 24.3 Å². The third kappa shape index (κ3) is 4.55. The van der Waals surface area contributed by atoms with Crippen molar-refractivity contribution in [2.75, 3.05) is 26.2 Å². The van der Waals surface area contributed by atoms with Gasteiger partial charge in [-0.3, -0.25) is 14.5 Å². The number of hydrogen-bond donors (Lipinski definition) is 2. The van der Waals surface area contributed by atoms with Crippen LogP contribution >= 0.6 is 12.4 Å². The van der Waals surface area contributed by atoms with Crippen molar-refractivity contribution in [3.05, 3.63) is 24.3 Å². The van der Waals surface area contributed by atoms with Gasteiger partial charge in [0.15, 0.2) is 11.5 Å². The van der Waals surface area contributed by atoms with E-state index in [2.05, 4.69) is 5.32 Å². The quantitative estimate of drug-likeness (QED) is 0.808. The molecular formula is C17H23ClN2O5. The lowest BCUT2D eigenvalue weighted by atomic mass is 10.1. The number of carbonyl (C=O) groups is 2. The lowest BCUT2D eigenvalue weighted by Gasteiger charge is -2.28.